The molecule has 0 fully saturated rings. The lowest BCUT2D eigenvalue weighted by Gasteiger charge is -2.07. The zero-order chi connectivity index (χ0) is 19.0. The van der Waals surface area contributed by atoms with Crippen LogP contribution in [0.2, 0.25) is 0 Å². The molecule has 0 aliphatic carbocycles. The molecule has 3 aromatic rings. The van der Waals surface area contributed by atoms with Crippen LogP contribution in [-0.2, 0) is 0 Å². The van der Waals surface area contributed by atoms with Crippen molar-refractivity contribution >= 4 is 40.8 Å². The summed E-state index contributed by atoms with van der Waals surface area (Å²) in [6, 6.07) is 13.4. The van der Waals surface area contributed by atoms with E-state index in [1.165, 1.54) is 12.1 Å². The van der Waals surface area contributed by atoms with Crippen LogP contribution in [-0.4, -0.2) is 27.0 Å². The molecule has 0 radical (unpaired) electrons. The molecular formula is C19H13N3O4S. The number of rotatable bonds is 3. The van der Waals surface area contributed by atoms with E-state index in [-0.39, 0.29) is 22.1 Å². The van der Waals surface area contributed by atoms with Crippen LogP contribution in [0.25, 0.3) is 11.6 Å². The molecule has 1 amide bonds. The molecule has 1 aliphatic heterocycles. The van der Waals surface area contributed by atoms with Crippen molar-refractivity contribution in [3.63, 3.8) is 0 Å². The lowest BCUT2D eigenvalue weighted by Crippen LogP contribution is -2.29. The number of aromatic hydroxyl groups is 2. The van der Waals surface area contributed by atoms with Crippen molar-refractivity contribution in [1.29, 1.82) is 0 Å². The topological polar surface area (TPSA) is 104 Å². The second-order valence-electron chi connectivity index (χ2n) is 5.72. The fraction of sp³-hybridized carbons (Fsp3) is 0. The van der Waals surface area contributed by atoms with Gasteiger partial charge >= 0.3 is 4.87 Å². The maximum absolute atomic E-state index is 12.3. The van der Waals surface area contributed by atoms with Crippen LogP contribution in [0.5, 0.6) is 11.6 Å². The maximum Gasteiger partial charge on any atom is 0.329 e. The Bertz CT molecular complexity index is 1170. The summed E-state index contributed by atoms with van der Waals surface area (Å²) in [5.41, 5.74) is 4.75. The number of nitrogens with one attached hydrogen (secondary N) is 1. The molecule has 134 valence electrons. The third-order valence-electron chi connectivity index (χ3n) is 4.02. The Morgan fingerprint density at radius 2 is 1.85 bits per heavy atom. The summed E-state index contributed by atoms with van der Waals surface area (Å²) in [4.78, 5) is 28.5. The van der Waals surface area contributed by atoms with Gasteiger partial charge in [0, 0.05) is 17.4 Å². The van der Waals surface area contributed by atoms with Crippen LogP contribution >= 0.6 is 11.3 Å². The second kappa shape index (κ2) is 6.58. The molecular weight excluding hydrogens is 366 g/mol. The van der Waals surface area contributed by atoms with Crippen molar-refractivity contribution < 1.29 is 15.0 Å². The largest absolute Gasteiger partial charge is 0.507 e. The number of thiazole rings is 1. The van der Waals surface area contributed by atoms with E-state index in [4.69, 9.17) is 0 Å². The van der Waals surface area contributed by atoms with Crippen molar-refractivity contribution in [2.24, 2.45) is 4.99 Å². The fourth-order valence-electron chi connectivity index (χ4n) is 2.70. The summed E-state index contributed by atoms with van der Waals surface area (Å²) in [5, 5.41) is 20.1. The Hall–Kier alpha value is -3.65. The Morgan fingerprint density at radius 3 is 2.67 bits per heavy atom. The minimum absolute atomic E-state index is 0.00763. The van der Waals surface area contributed by atoms with Gasteiger partial charge in [-0.3, -0.25) is 20.0 Å². The fourth-order valence-corrected chi connectivity index (χ4v) is 3.48. The highest BCUT2D eigenvalue weighted by atomic mass is 32.1. The van der Waals surface area contributed by atoms with Gasteiger partial charge in [-0.15, -0.1) is 0 Å². The molecule has 4 rings (SSSR count). The van der Waals surface area contributed by atoms with Gasteiger partial charge in [-0.25, -0.2) is 0 Å². The third-order valence-corrected chi connectivity index (χ3v) is 4.90. The van der Waals surface area contributed by atoms with Gasteiger partial charge in [0.2, 0.25) is 5.88 Å². The van der Waals surface area contributed by atoms with Gasteiger partial charge in [0.25, 0.3) is 5.91 Å². The number of nitrogens with zero attached hydrogens (tertiary/aromatic N) is 2. The van der Waals surface area contributed by atoms with Gasteiger partial charge in [-0.05, 0) is 24.3 Å². The van der Waals surface area contributed by atoms with Crippen molar-refractivity contribution in [3.8, 4) is 11.6 Å². The first-order chi connectivity index (χ1) is 13.0. The standard InChI is InChI=1S/C19H13N3O4S/c23-15-8-4-2-6-13(15)17(24)21-22-18(25)16(27-19(22)26)9-11-10-20-14-7-3-1-5-12(11)14/h1-10,23,25H,(H,21,24). The zero-order valence-corrected chi connectivity index (χ0v) is 14.6. The lowest BCUT2D eigenvalue weighted by molar-refractivity contribution is 0.100. The smallest absolute Gasteiger partial charge is 0.329 e. The van der Waals surface area contributed by atoms with Crippen LogP contribution in [0.1, 0.15) is 20.8 Å². The van der Waals surface area contributed by atoms with E-state index >= 15 is 0 Å². The monoisotopic (exact) mass is 379 g/mol. The number of hydrogen-bond donors (Lipinski definition) is 3. The normalized spacial score (nSPS) is 13.7. The number of phenolic OH excluding ortho intramolecular Hbond substituents is 1. The highest BCUT2D eigenvalue weighted by molar-refractivity contribution is 7.10. The molecule has 0 bridgehead atoms. The number of carbonyl (C=O) groups is 1. The summed E-state index contributed by atoms with van der Waals surface area (Å²) in [6.45, 7) is 0. The number of amides is 1. The number of aliphatic imine (C=N–C) groups is 1. The molecule has 0 saturated heterocycles. The van der Waals surface area contributed by atoms with Crippen LogP contribution < -0.4 is 10.3 Å². The molecule has 0 spiro atoms. The van der Waals surface area contributed by atoms with Gasteiger partial charge in [0.1, 0.15) is 5.75 Å². The lowest BCUT2D eigenvalue weighted by atomic mass is 10.1. The molecule has 2 aromatic carbocycles. The van der Waals surface area contributed by atoms with E-state index in [0.717, 1.165) is 32.8 Å². The maximum atomic E-state index is 12.3. The van der Waals surface area contributed by atoms with Crippen LogP contribution in [0, 0.1) is 0 Å². The highest BCUT2D eigenvalue weighted by Crippen LogP contribution is 2.34. The van der Waals surface area contributed by atoms with Crippen molar-refractivity contribution in [2.45, 2.75) is 0 Å². The SMILES string of the molecule is O=C(Nn1c(O)c(C=C2C=Nc3ccccc32)sc1=O)c1ccccc1O. The summed E-state index contributed by atoms with van der Waals surface area (Å²) in [5.74, 6) is -1.33. The van der Waals surface area contributed by atoms with Gasteiger partial charge in [-0.1, -0.05) is 41.7 Å². The molecule has 27 heavy (non-hydrogen) atoms. The summed E-state index contributed by atoms with van der Waals surface area (Å²) < 4.78 is 0.754. The van der Waals surface area contributed by atoms with Crippen LogP contribution in [0.3, 0.4) is 0 Å². The Labute approximate surface area is 157 Å². The predicted octanol–water partition coefficient (Wildman–Crippen LogP) is 2.96. The predicted molar refractivity (Wildman–Crippen MR) is 105 cm³/mol. The molecule has 0 unspecified atom stereocenters. The van der Waals surface area contributed by atoms with Crippen LogP contribution in [0.15, 0.2) is 58.3 Å². The molecule has 8 heteroatoms. The van der Waals surface area contributed by atoms with Gasteiger partial charge in [0.15, 0.2) is 0 Å². The second-order valence-corrected chi connectivity index (χ2v) is 6.72. The minimum Gasteiger partial charge on any atom is -0.507 e. The molecule has 0 atom stereocenters. The number of phenols is 1. The number of benzene rings is 2. The zero-order valence-electron chi connectivity index (χ0n) is 13.8. The number of para-hydroxylation sites is 2. The molecule has 0 saturated carbocycles. The van der Waals surface area contributed by atoms with E-state index in [1.54, 1.807) is 24.4 Å². The number of aromatic nitrogens is 1. The van der Waals surface area contributed by atoms with Gasteiger partial charge in [0.05, 0.1) is 16.1 Å². The minimum atomic E-state index is -0.713. The number of fused-ring (bicyclic) bond motifs is 1. The highest BCUT2D eigenvalue weighted by Gasteiger charge is 2.19. The third kappa shape index (κ3) is 3.02. The number of allylic oxidation sites excluding steroid dienone is 1. The first-order valence-electron chi connectivity index (χ1n) is 7.94. The first kappa shape index (κ1) is 16.8. The molecule has 7 nitrogen and oxygen atoms in total. The average molecular weight is 379 g/mol. The average Bonchev–Trinajstić information content (AvgIpc) is 3.19. The van der Waals surface area contributed by atoms with Crippen LogP contribution in [0.4, 0.5) is 5.69 Å². The van der Waals surface area contributed by atoms with Crippen molar-refractivity contribution in [2.75, 3.05) is 5.43 Å². The summed E-state index contributed by atoms with van der Waals surface area (Å²) >= 11 is 0.786. The quantitative estimate of drug-likeness (QED) is 0.651. The summed E-state index contributed by atoms with van der Waals surface area (Å²) in [7, 11) is 0. The Kier molecular flexibility index (Phi) is 4.09. The van der Waals surface area contributed by atoms with E-state index in [9.17, 15) is 19.8 Å². The molecule has 1 aliphatic rings. The van der Waals surface area contributed by atoms with E-state index < -0.39 is 10.8 Å². The summed E-state index contributed by atoms with van der Waals surface area (Å²) in [6.07, 6.45) is 3.29. The Morgan fingerprint density at radius 1 is 1.11 bits per heavy atom. The number of carbonyl (C=O) groups excluding carboxylic acids is 1. The molecule has 1 aromatic heterocycles. The number of hydrogen-bond acceptors (Lipinski definition) is 6. The van der Waals surface area contributed by atoms with E-state index in [0.29, 0.717) is 0 Å². The van der Waals surface area contributed by atoms with Crippen molar-refractivity contribution in [1.82, 2.24) is 4.68 Å². The van der Waals surface area contributed by atoms with Crippen molar-refractivity contribution in [3.05, 3.63) is 74.2 Å². The Balaban J connectivity index is 1.67. The van der Waals surface area contributed by atoms with Gasteiger partial charge < -0.3 is 10.2 Å². The first-order valence-corrected chi connectivity index (χ1v) is 8.75. The van der Waals surface area contributed by atoms with Gasteiger partial charge in [-0.2, -0.15) is 4.68 Å². The van der Waals surface area contributed by atoms with E-state index in [1.807, 2.05) is 24.3 Å². The molecule has 2 heterocycles. The van der Waals surface area contributed by atoms with E-state index in [2.05, 4.69) is 10.4 Å². The molecule has 3 N–H and O–H groups in total.